The molecule has 1 heterocycles. The zero-order valence-corrected chi connectivity index (χ0v) is 11.1. The molecule has 6 nitrogen and oxygen atoms in total. The van der Waals surface area contributed by atoms with Crippen molar-refractivity contribution in [3.63, 3.8) is 0 Å². The number of carbonyl (C=O) groups is 2. The SMILES string of the molecule is NC1(C(=O)N2CCOCC2CC(=O)O)CCCCC1. The lowest BCUT2D eigenvalue weighted by Crippen LogP contribution is -2.61. The van der Waals surface area contributed by atoms with Crippen LogP contribution in [0.25, 0.3) is 0 Å². The molecule has 19 heavy (non-hydrogen) atoms. The first-order valence-electron chi connectivity index (χ1n) is 6.92. The zero-order chi connectivity index (χ0) is 13.9. The van der Waals surface area contributed by atoms with E-state index in [0.717, 1.165) is 19.3 Å². The van der Waals surface area contributed by atoms with Crippen LogP contribution in [0.2, 0.25) is 0 Å². The Morgan fingerprint density at radius 2 is 2.00 bits per heavy atom. The van der Waals surface area contributed by atoms with Crippen LogP contribution in [0.15, 0.2) is 0 Å². The zero-order valence-electron chi connectivity index (χ0n) is 11.1. The van der Waals surface area contributed by atoms with Gasteiger partial charge in [0.1, 0.15) is 0 Å². The number of morpholine rings is 1. The normalized spacial score (nSPS) is 27.0. The van der Waals surface area contributed by atoms with Crippen molar-refractivity contribution in [2.45, 2.75) is 50.1 Å². The van der Waals surface area contributed by atoms with E-state index in [2.05, 4.69) is 0 Å². The predicted molar refractivity (Wildman–Crippen MR) is 68.6 cm³/mol. The summed E-state index contributed by atoms with van der Waals surface area (Å²) in [7, 11) is 0. The van der Waals surface area contributed by atoms with Gasteiger partial charge in [0.05, 0.1) is 31.2 Å². The number of carboxylic acids is 1. The summed E-state index contributed by atoms with van der Waals surface area (Å²) in [5.74, 6) is -1.01. The topological polar surface area (TPSA) is 92.9 Å². The fourth-order valence-electron chi connectivity index (χ4n) is 2.98. The second-order valence-corrected chi connectivity index (χ2v) is 5.54. The van der Waals surface area contributed by atoms with Crippen molar-refractivity contribution in [1.29, 1.82) is 0 Å². The molecular weight excluding hydrogens is 248 g/mol. The Morgan fingerprint density at radius 1 is 1.32 bits per heavy atom. The smallest absolute Gasteiger partial charge is 0.305 e. The Morgan fingerprint density at radius 3 is 2.63 bits per heavy atom. The van der Waals surface area contributed by atoms with Crippen LogP contribution in [0, 0.1) is 0 Å². The highest BCUT2D eigenvalue weighted by Gasteiger charge is 2.41. The predicted octanol–water partition coefficient (Wildman–Crippen LogP) is 0.350. The van der Waals surface area contributed by atoms with Crippen LogP contribution in [-0.4, -0.2) is 53.2 Å². The van der Waals surface area contributed by atoms with Crippen molar-refractivity contribution in [3.8, 4) is 0 Å². The highest BCUT2D eigenvalue weighted by molar-refractivity contribution is 5.87. The first-order valence-corrected chi connectivity index (χ1v) is 6.92. The first kappa shape index (κ1) is 14.3. The molecule has 3 N–H and O–H groups in total. The molecule has 2 rings (SSSR count). The van der Waals surface area contributed by atoms with Crippen LogP contribution in [0.1, 0.15) is 38.5 Å². The molecule has 1 aliphatic carbocycles. The maximum Gasteiger partial charge on any atom is 0.305 e. The third-order valence-corrected chi connectivity index (χ3v) is 4.07. The molecule has 1 saturated carbocycles. The standard InChI is InChI=1S/C13H22N2O4/c14-13(4-2-1-3-5-13)12(18)15-6-7-19-9-10(15)8-11(16)17/h10H,1-9,14H2,(H,16,17). The number of nitrogens with two attached hydrogens (primary N) is 1. The largest absolute Gasteiger partial charge is 0.481 e. The van der Waals surface area contributed by atoms with Crippen LogP contribution in [0.4, 0.5) is 0 Å². The van der Waals surface area contributed by atoms with E-state index in [1.54, 1.807) is 4.90 Å². The second-order valence-electron chi connectivity index (χ2n) is 5.54. The molecule has 1 aliphatic heterocycles. The van der Waals surface area contributed by atoms with Crippen molar-refractivity contribution in [3.05, 3.63) is 0 Å². The molecule has 2 aliphatic rings. The van der Waals surface area contributed by atoms with Gasteiger partial charge >= 0.3 is 5.97 Å². The summed E-state index contributed by atoms with van der Waals surface area (Å²) in [5.41, 5.74) is 5.45. The molecule has 0 aromatic rings. The number of amides is 1. The van der Waals surface area contributed by atoms with E-state index >= 15 is 0 Å². The Kier molecular flexibility index (Phi) is 4.42. The highest BCUT2D eigenvalue weighted by atomic mass is 16.5. The van der Waals surface area contributed by atoms with Crippen molar-refractivity contribution < 1.29 is 19.4 Å². The van der Waals surface area contributed by atoms with Gasteiger partial charge in [-0.2, -0.15) is 0 Å². The van der Waals surface area contributed by atoms with Gasteiger partial charge < -0.3 is 20.5 Å². The minimum absolute atomic E-state index is 0.0815. The van der Waals surface area contributed by atoms with Crippen LogP contribution in [0.3, 0.4) is 0 Å². The molecule has 1 unspecified atom stereocenters. The molecule has 108 valence electrons. The van der Waals surface area contributed by atoms with E-state index in [1.165, 1.54) is 0 Å². The lowest BCUT2D eigenvalue weighted by molar-refractivity contribution is -0.151. The number of ether oxygens (including phenoxy) is 1. The van der Waals surface area contributed by atoms with Gasteiger partial charge in [0.2, 0.25) is 5.91 Å². The van der Waals surface area contributed by atoms with Crippen LogP contribution in [-0.2, 0) is 14.3 Å². The molecule has 6 heteroatoms. The Hall–Kier alpha value is -1.14. The number of rotatable bonds is 3. The fraction of sp³-hybridized carbons (Fsp3) is 0.846. The summed E-state index contributed by atoms with van der Waals surface area (Å²) in [6, 6.07) is -0.388. The Labute approximate surface area is 112 Å². The molecule has 0 aromatic heterocycles. The molecule has 1 amide bonds. The van der Waals surface area contributed by atoms with Gasteiger partial charge in [-0.05, 0) is 12.8 Å². The third kappa shape index (κ3) is 3.25. The Bertz CT molecular complexity index is 353. The lowest BCUT2D eigenvalue weighted by atomic mass is 9.81. The van der Waals surface area contributed by atoms with Crippen LogP contribution in [0.5, 0.6) is 0 Å². The molecule has 1 saturated heterocycles. The van der Waals surface area contributed by atoms with Crippen LogP contribution < -0.4 is 5.73 Å². The van der Waals surface area contributed by atoms with E-state index < -0.39 is 11.5 Å². The second kappa shape index (κ2) is 5.88. The molecular formula is C13H22N2O4. The molecule has 0 radical (unpaired) electrons. The van der Waals surface area contributed by atoms with Gasteiger partial charge in [0.25, 0.3) is 0 Å². The van der Waals surface area contributed by atoms with Gasteiger partial charge in [-0.25, -0.2) is 0 Å². The van der Waals surface area contributed by atoms with E-state index in [-0.39, 0.29) is 25.0 Å². The number of aliphatic carboxylic acids is 1. The van der Waals surface area contributed by atoms with Crippen molar-refractivity contribution in [1.82, 2.24) is 4.90 Å². The summed E-state index contributed by atoms with van der Waals surface area (Å²) in [6.45, 7) is 1.18. The number of carbonyl (C=O) groups excluding carboxylic acids is 1. The van der Waals surface area contributed by atoms with Crippen LogP contribution >= 0.6 is 0 Å². The van der Waals surface area contributed by atoms with Gasteiger partial charge in [-0.3, -0.25) is 9.59 Å². The summed E-state index contributed by atoms with van der Waals surface area (Å²) in [5, 5.41) is 8.92. The minimum atomic E-state index is -0.914. The van der Waals surface area contributed by atoms with E-state index in [0.29, 0.717) is 26.0 Å². The van der Waals surface area contributed by atoms with Gasteiger partial charge in [0, 0.05) is 6.54 Å². The maximum absolute atomic E-state index is 12.6. The van der Waals surface area contributed by atoms with E-state index in [4.69, 9.17) is 15.6 Å². The van der Waals surface area contributed by atoms with Gasteiger partial charge in [-0.1, -0.05) is 19.3 Å². The average molecular weight is 270 g/mol. The molecule has 1 atom stereocenters. The summed E-state index contributed by atoms with van der Waals surface area (Å²) < 4.78 is 5.29. The molecule has 0 spiro atoms. The third-order valence-electron chi connectivity index (χ3n) is 4.07. The van der Waals surface area contributed by atoms with E-state index in [1.807, 2.05) is 0 Å². The number of hydrogen-bond donors (Lipinski definition) is 2. The molecule has 2 fully saturated rings. The van der Waals surface area contributed by atoms with Gasteiger partial charge in [-0.15, -0.1) is 0 Å². The lowest BCUT2D eigenvalue weighted by Gasteiger charge is -2.42. The van der Waals surface area contributed by atoms with E-state index in [9.17, 15) is 9.59 Å². The summed E-state index contributed by atoms with van der Waals surface area (Å²) in [6.07, 6.45) is 4.37. The van der Waals surface area contributed by atoms with Gasteiger partial charge in [0.15, 0.2) is 0 Å². The van der Waals surface area contributed by atoms with Crippen molar-refractivity contribution in [2.75, 3.05) is 19.8 Å². The quantitative estimate of drug-likeness (QED) is 0.772. The number of hydrogen-bond acceptors (Lipinski definition) is 4. The summed E-state index contributed by atoms with van der Waals surface area (Å²) in [4.78, 5) is 25.1. The highest BCUT2D eigenvalue weighted by Crippen LogP contribution is 2.29. The van der Waals surface area contributed by atoms with Crippen molar-refractivity contribution in [2.24, 2.45) is 5.73 Å². The average Bonchev–Trinajstić information content (AvgIpc) is 2.39. The number of carboxylic acid groups (broad SMARTS) is 1. The molecule has 0 bridgehead atoms. The minimum Gasteiger partial charge on any atom is -0.481 e. The summed E-state index contributed by atoms with van der Waals surface area (Å²) >= 11 is 0. The van der Waals surface area contributed by atoms with Crippen molar-refractivity contribution >= 4 is 11.9 Å². The monoisotopic (exact) mass is 270 g/mol. The number of nitrogens with zero attached hydrogens (tertiary/aromatic N) is 1. The maximum atomic E-state index is 12.6. The first-order chi connectivity index (χ1) is 9.03. The Balaban J connectivity index is 2.08. The fourth-order valence-corrected chi connectivity index (χ4v) is 2.98. The molecule has 0 aromatic carbocycles.